The third-order valence-electron chi connectivity index (χ3n) is 2.91. The van der Waals surface area contributed by atoms with Gasteiger partial charge in [-0.2, -0.15) is 0 Å². The molecule has 15 heavy (non-hydrogen) atoms. The van der Waals surface area contributed by atoms with E-state index in [1.165, 1.54) is 0 Å². The molecule has 0 spiro atoms. The molecule has 1 N–H and O–H groups in total. The first-order chi connectivity index (χ1) is 7.36. The second-order valence-corrected chi connectivity index (χ2v) is 4.24. The third kappa shape index (κ3) is 1.37. The molecule has 3 rings (SSSR count). The molecule has 0 bridgehead atoms. The van der Waals surface area contributed by atoms with Crippen molar-refractivity contribution in [1.82, 2.24) is 5.32 Å². The SMILES string of the molecule is ClC1=CC2C=CC=NC2C2=C1C=CCN2. The summed E-state index contributed by atoms with van der Waals surface area (Å²) in [6, 6.07) is 0.192. The van der Waals surface area contributed by atoms with E-state index in [1.807, 2.05) is 12.3 Å². The van der Waals surface area contributed by atoms with Gasteiger partial charge in [0.2, 0.25) is 0 Å². The van der Waals surface area contributed by atoms with Crippen LogP contribution in [-0.4, -0.2) is 18.8 Å². The smallest absolute Gasteiger partial charge is 0.0998 e. The van der Waals surface area contributed by atoms with E-state index in [9.17, 15) is 0 Å². The molecule has 0 aromatic rings. The summed E-state index contributed by atoms with van der Waals surface area (Å²) in [7, 11) is 0. The summed E-state index contributed by atoms with van der Waals surface area (Å²) in [6.07, 6.45) is 12.2. The van der Waals surface area contributed by atoms with Gasteiger partial charge in [0, 0.05) is 35.0 Å². The van der Waals surface area contributed by atoms with Crippen molar-refractivity contribution in [3.63, 3.8) is 0 Å². The quantitative estimate of drug-likeness (QED) is 0.662. The van der Waals surface area contributed by atoms with Crippen LogP contribution in [-0.2, 0) is 0 Å². The highest BCUT2D eigenvalue weighted by atomic mass is 35.5. The fourth-order valence-corrected chi connectivity index (χ4v) is 2.51. The molecule has 0 radical (unpaired) electrons. The number of halogens is 1. The lowest BCUT2D eigenvalue weighted by atomic mass is 9.86. The predicted octanol–water partition coefficient (Wildman–Crippen LogP) is 2.16. The second kappa shape index (κ2) is 3.38. The number of dihydropyridines is 2. The van der Waals surface area contributed by atoms with Crippen LogP contribution in [0, 0.1) is 5.92 Å². The van der Waals surface area contributed by atoms with E-state index in [-0.39, 0.29) is 6.04 Å². The van der Waals surface area contributed by atoms with Crippen molar-refractivity contribution < 1.29 is 0 Å². The monoisotopic (exact) mass is 218 g/mol. The van der Waals surface area contributed by atoms with Gasteiger partial charge in [0.25, 0.3) is 0 Å². The molecule has 0 saturated carbocycles. The van der Waals surface area contributed by atoms with Gasteiger partial charge in [0.15, 0.2) is 0 Å². The Morgan fingerprint density at radius 3 is 3.33 bits per heavy atom. The van der Waals surface area contributed by atoms with Crippen molar-refractivity contribution >= 4 is 17.8 Å². The molecule has 1 aliphatic carbocycles. The minimum absolute atomic E-state index is 0.192. The Balaban J connectivity index is 2.09. The maximum atomic E-state index is 6.24. The Bertz CT molecular complexity index is 441. The fraction of sp³-hybridized carbons (Fsp3) is 0.250. The average molecular weight is 219 g/mol. The number of hydrogen-bond acceptors (Lipinski definition) is 2. The number of aliphatic imine (C=N–C) groups is 1. The van der Waals surface area contributed by atoms with Crippen LogP contribution in [0.3, 0.4) is 0 Å². The summed E-state index contributed by atoms with van der Waals surface area (Å²) < 4.78 is 0. The lowest BCUT2D eigenvalue weighted by Gasteiger charge is -2.31. The van der Waals surface area contributed by atoms with Crippen LogP contribution in [0.1, 0.15) is 0 Å². The topological polar surface area (TPSA) is 24.4 Å². The number of rotatable bonds is 0. The van der Waals surface area contributed by atoms with Gasteiger partial charge in [-0.05, 0) is 6.08 Å². The van der Waals surface area contributed by atoms with Gasteiger partial charge >= 0.3 is 0 Å². The molecule has 0 fully saturated rings. The molecule has 76 valence electrons. The van der Waals surface area contributed by atoms with Crippen molar-refractivity contribution in [2.75, 3.05) is 6.54 Å². The molecule has 0 aromatic heterocycles. The molecule has 2 unspecified atom stereocenters. The van der Waals surface area contributed by atoms with Crippen molar-refractivity contribution in [3.8, 4) is 0 Å². The summed E-state index contributed by atoms with van der Waals surface area (Å²) in [5.74, 6) is 0.306. The number of allylic oxidation sites excluding steroid dienone is 4. The fourth-order valence-electron chi connectivity index (χ4n) is 2.20. The highest BCUT2D eigenvalue weighted by Crippen LogP contribution is 2.35. The number of hydrogen-bond donors (Lipinski definition) is 1. The van der Waals surface area contributed by atoms with Crippen molar-refractivity contribution in [2.24, 2.45) is 10.9 Å². The van der Waals surface area contributed by atoms with E-state index in [4.69, 9.17) is 11.6 Å². The molecule has 0 saturated heterocycles. The van der Waals surface area contributed by atoms with Gasteiger partial charge in [-0.3, -0.25) is 4.99 Å². The summed E-state index contributed by atoms with van der Waals surface area (Å²) in [5.41, 5.74) is 2.26. The first-order valence-corrected chi connectivity index (χ1v) is 5.46. The Morgan fingerprint density at radius 2 is 2.40 bits per heavy atom. The van der Waals surface area contributed by atoms with Crippen molar-refractivity contribution in [1.29, 1.82) is 0 Å². The van der Waals surface area contributed by atoms with Crippen LogP contribution in [0.4, 0.5) is 0 Å². The highest BCUT2D eigenvalue weighted by Gasteiger charge is 2.30. The van der Waals surface area contributed by atoms with E-state index in [0.717, 1.165) is 22.8 Å². The van der Waals surface area contributed by atoms with Gasteiger partial charge in [0.05, 0.1) is 6.04 Å². The molecule has 2 atom stereocenters. The Morgan fingerprint density at radius 1 is 1.47 bits per heavy atom. The summed E-state index contributed by atoms with van der Waals surface area (Å²) >= 11 is 6.24. The zero-order valence-corrected chi connectivity index (χ0v) is 8.91. The van der Waals surface area contributed by atoms with E-state index >= 15 is 0 Å². The summed E-state index contributed by atoms with van der Waals surface area (Å²) in [6.45, 7) is 0.867. The Labute approximate surface area is 93.7 Å². The zero-order chi connectivity index (χ0) is 10.3. The van der Waals surface area contributed by atoms with Gasteiger partial charge in [-0.15, -0.1) is 0 Å². The molecular weight excluding hydrogens is 208 g/mol. The van der Waals surface area contributed by atoms with Crippen LogP contribution in [0.5, 0.6) is 0 Å². The number of nitrogens with zero attached hydrogens (tertiary/aromatic N) is 1. The second-order valence-electron chi connectivity index (χ2n) is 3.83. The minimum Gasteiger partial charge on any atom is -0.383 e. The Kier molecular flexibility index (Phi) is 2.03. The van der Waals surface area contributed by atoms with Gasteiger partial charge < -0.3 is 5.32 Å². The molecule has 3 heteroatoms. The van der Waals surface area contributed by atoms with Gasteiger partial charge in [-0.25, -0.2) is 0 Å². The number of nitrogens with one attached hydrogen (secondary N) is 1. The van der Waals surface area contributed by atoms with Crippen LogP contribution < -0.4 is 5.32 Å². The van der Waals surface area contributed by atoms with E-state index in [0.29, 0.717) is 5.92 Å². The first-order valence-electron chi connectivity index (χ1n) is 5.08. The normalized spacial score (nSPS) is 31.9. The predicted molar refractivity (Wildman–Crippen MR) is 63.0 cm³/mol. The lowest BCUT2D eigenvalue weighted by molar-refractivity contribution is 0.594. The standard InChI is InChI=1S/C12H11ClN2/c13-10-7-8-3-1-5-14-11(8)12-9(10)4-2-6-15-12/h1-5,7-8,11,15H,6H2. The molecule has 3 aliphatic rings. The maximum absolute atomic E-state index is 6.24. The molecular formula is C12H11ClN2. The van der Waals surface area contributed by atoms with Crippen LogP contribution >= 0.6 is 11.6 Å². The molecule has 2 nitrogen and oxygen atoms in total. The van der Waals surface area contributed by atoms with Crippen molar-refractivity contribution in [2.45, 2.75) is 6.04 Å². The van der Waals surface area contributed by atoms with E-state index in [2.05, 4.69) is 34.6 Å². The maximum Gasteiger partial charge on any atom is 0.0998 e. The molecule has 0 amide bonds. The van der Waals surface area contributed by atoms with E-state index in [1.54, 1.807) is 0 Å². The van der Waals surface area contributed by atoms with E-state index < -0.39 is 0 Å². The third-order valence-corrected chi connectivity index (χ3v) is 3.24. The average Bonchev–Trinajstić information content (AvgIpc) is 2.30. The molecule has 2 aliphatic heterocycles. The molecule has 2 heterocycles. The van der Waals surface area contributed by atoms with Crippen LogP contribution in [0.2, 0.25) is 0 Å². The zero-order valence-electron chi connectivity index (χ0n) is 8.15. The van der Waals surface area contributed by atoms with Crippen molar-refractivity contribution in [3.05, 3.63) is 46.7 Å². The van der Waals surface area contributed by atoms with Gasteiger partial charge in [-0.1, -0.05) is 35.9 Å². The first kappa shape index (κ1) is 8.98. The van der Waals surface area contributed by atoms with Crippen LogP contribution in [0.15, 0.2) is 51.7 Å². The summed E-state index contributed by atoms with van der Waals surface area (Å²) in [5, 5.41) is 4.20. The van der Waals surface area contributed by atoms with Gasteiger partial charge in [0.1, 0.15) is 0 Å². The largest absolute Gasteiger partial charge is 0.383 e. The van der Waals surface area contributed by atoms with Crippen LogP contribution in [0.25, 0.3) is 0 Å². The summed E-state index contributed by atoms with van der Waals surface area (Å²) in [4.78, 5) is 4.50. The lowest BCUT2D eigenvalue weighted by Crippen LogP contribution is -2.34. The minimum atomic E-state index is 0.192. The number of fused-ring (bicyclic) bond motifs is 2. The molecule has 0 aromatic carbocycles. The Hall–Kier alpha value is -1.28. The highest BCUT2D eigenvalue weighted by molar-refractivity contribution is 6.32.